The van der Waals surface area contributed by atoms with Crippen LogP contribution in [-0.4, -0.2) is 30.6 Å². The minimum Gasteiger partial charge on any atom is -0.423 e. The monoisotopic (exact) mass is 336 g/mol. The minimum atomic E-state index is -0.466. The summed E-state index contributed by atoms with van der Waals surface area (Å²) >= 11 is 3.38. The molecule has 0 N–H and O–H groups in total. The van der Waals surface area contributed by atoms with E-state index in [0.29, 0.717) is 24.1 Å². The standard InChI is InChI=1S/C14H13BrN2O3/c1-17(13(18)12-4-2-3-7-19-12)14-16-10-8-9(15)5-6-11(10)20-14/h2-3,5-6,8,12H,4,7H2,1H3. The summed E-state index contributed by atoms with van der Waals surface area (Å²) in [7, 11) is 1.64. The molecule has 0 aliphatic carbocycles. The van der Waals surface area contributed by atoms with Gasteiger partial charge in [-0.05, 0) is 18.2 Å². The van der Waals surface area contributed by atoms with E-state index < -0.39 is 6.10 Å². The van der Waals surface area contributed by atoms with Crippen molar-refractivity contribution in [2.75, 3.05) is 18.6 Å². The molecule has 1 aliphatic heterocycles. The highest BCUT2D eigenvalue weighted by atomic mass is 79.9. The molecule has 1 amide bonds. The van der Waals surface area contributed by atoms with Crippen molar-refractivity contribution in [1.82, 2.24) is 4.98 Å². The van der Waals surface area contributed by atoms with Crippen LogP contribution < -0.4 is 4.90 Å². The lowest BCUT2D eigenvalue weighted by Gasteiger charge is -2.22. The van der Waals surface area contributed by atoms with Crippen molar-refractivity contribution in [2.45, 2.75) is 12.5 Å². The van der Waals surface area contributed by atoms with Crippen LogP contribution >= 0.6 is 15.9 Å². The van der Waals surface area contributed by atoms with Crippen LogP contribution in [0.15, 0.2) is 39.2 Å². The van der Waals surface area contributed by atoms with Crippen LogP contribution in [0.2, 0.25) is 0 Å². The molecule has 0 radical (unpaired) electrons. The Morgan fingerprint density at radius 3 is 3.05 bits per heavy atom. The van der Waals surface area contributed by atoms with Crippen molar-refractivity contribution in [1.29, 1.82) is 0 Å². The van der Waals surface area contributed by atoms with E-state index in [2.05, 4.69) is 20.9 Å². The summed E-state index contributed by atoms with van der Waals surface area (Å²) in [4.78, 5) is 18.0. The zero-order valence-corrected chi connectivity index (χ0v) is 12.5. The molecule has 1 unspecified atom stereocenters. The maximum Gasteiger partial charge on any atom is 0.305 e. The van der Waals surface area contributed by atoms with Gasteiger partial charge in [-0.1, -0.05) is 28.1 Å². The fraction of sp³-hybridized carbons (Fsp3) is 0.286. The Bertz CT molecular complexity index is 680. The van der Waals surface area contributed by atoms with E-state index in [0.717, 1.165) is 4.47 Å². The van der Waals surface area contributed by atoms with Gasteiger partial charge in [0.25, 0.3) is 5.91 Å². The van der Waals surface area contributed by atoms with Crippen molar-refractivity contribution < 1.29 is 13.9 Å². The third-order valence-corrected chi connectivity index (χ3v) is 3.63. The fourth-order valence-electron chi connectivity index (χ4n) is 2.04. The summed E-state index contributed by atoms with van der Waals surface area (Å²) in [5, 5.41) is 0. The molecule has 2 aromatic rings. The van der Waals surface area contributed by atoms with Crippen molar-refractivity contribution >= 4 is 39.0 Å². The second kappa shape index (κ2) is 5.38. The highest BCUT2D eigenvalue weighted by molar-refractivity contribution is 9.10. The number of hydrogen-bond acceptors (Lipinski definition) is 4. The number of anilines is 1. The van der Waals surface area contributed by atoms with Crippen molar-refractivity contribution in [3.63, 3.8) is 0 Å². The van der Waals surface area contributed by atoms with Crippen molar-refractivity contribution in [3.8, 4) is 0 Å². The van der Waals surface area contributed by atoms with E-state index >= 15 is 0 Å². The Labute approximate surface area is 124 Å². The van der Waals surface area contributed by atoms with Gasteiger partial charge < -0.3 is 9.15 Å². The molecular formula is C14H13BrN2O3. The number of likely N-dealkylation sites (N-methyl/N-ethyl adjacent to an activating group) is 1. The third kappa shape index (κ3) is 2.48. The SMILES string of the molecule is CN(C(=O)C1CC=CCO1)c1nc2cc(Br)ccc2o1. The Morgan fingerprint density at radius 1 is 1.45 bits per heavy atom. The number of nitrogens with zero attached hydrogens (tertiary/aromatic N) is 2. The van der Waals surface area contributed by atoms with E-state index in [1.165, 1.54) is 4.90 Å². The molecule has 20 heavy (non-hydrogen) atoms. The van der Waals surface area contributed by atoms with Crippen LogP contribution in [-0.2, 0) is 9.53 Å². The number of amides is 1. The van der Waals surface area contributed by atoms with E-state index in [-0.39, 0.29) is 11.9 Å². The molecule has 0 bridgehead atoms. The van der Waals surface area contributed by atoms with Gasteiger partial charge in [-0.25, -0.2) is 0 Å². The smallest absolute Gasteiger partial charge is 0.305 e. The van der Waals surface area contributed by atoms with Crippen LogP contribution in [0, 0.1) is 0 Å². The number of aromatic nitrogens is 1. The van der Waals surface area contributed by atoms with Gasteiger partial charge in [-0.3, -0.25) is 9.69 Å². The van der Waals surface area contributed by atoms with E-state index in [4.69, 9.17) is 9.15 Å². The maximum absolute atomic E-state index is 12.3. The molecule has 3 rings (SSSR count). The topological polar surface area (TPSA) is 55.6 Å². The van der Waals surface area contributed by atoms with Crippen LogP contribution in [0.25, 0.3) is 11.1 Å². The molecule has 0 saturated carbocycles. The fourth-order valence-corrected chi connectivity index (χ4v) is 2.39. The highest BCUT2D eigenvalue weighted by Gasteiger charge is 2.26. The molecule has 1 aromatic heterocycles. The first-order valence-electron chi connectivity index (χ1n) is 6.25. The average molecular weight is 337 g/mol. The summed E-state index contributed by atoms with van der Waals surface area (Å²) in [5.41, 5.74) is 1.35. The Morgan fingerprint density at radius 2 is 2.30 bits per heavy atom. The zero-order chi connectivity index (χ0) is 14.1. The maximum atomic E-state index is 12.3. The number of oxazole rings is 1. The third-order valence-electron chi connectivity index (χ3n) is 3.14. The number of hydrogen-bond donors (Lipinski definition) is 0. The lowest BCUT2D eigenvalue weighted by Crippen LogP contribution is -2.39. The summed E-state index contributed by atoms with van der Waals surface area (Å²) < 4.78 is 11.9. The van der Waals surface area contributed by atoms with Gasteiger partial charge in [0.2, 0.25) is 0 Å². The van der Waals surface area contributed by atoms with Crippen LogP contribution in [0.5, 0.6) is 0 Å². The number of rotatable bonds is 2. The highest BCUT2D eigenvalue weighted by Crippen LogP contribution is 2.25. The number of carbonyl (C=O) groups is 1. The number of benzene rings is 1. The normalized spacial score (nSPS) is 18.4. The predicted octanol–water partition coefficient (Wildman–Crippen LogP) is 2.90. The van der Waals surface area contributed by atoms with Gasteiger partial charge in [-0.15, -0.1) is 0 Å². The second-order valence-electron chi connectivity index (χ2n) is 4.53. The lowest BCUT2D eigenvalue weighted by atomic mass is 10.2. The summed E-state index contributed by atoms with van der Waals surface area (Å²) in [6.45, 7) is 0.463. The van der Waals surface area contributed by atoms with Crippen molar-refractivity contribution in [3.05, 3.63) is 34.8 Å². The quantitative estimate of drug-likeness (QED) is 0.791. The molecular weight excluding hydrogens is 324 g/mol. The van der Waals surface area contributed by atoms with Gasteiger partial charge in [0.15, 0.2) is 5.58 Å². The molecule has 0 fully saturated rings. The molecule has 5 nitrogen and oxygen atoms in total. The largest absolute Gasteiger partial charge is 0.423 e. The molecule has 1 atom stereocenters. The van der Waals surface area contributed by atoms with Crippen LogP contribution in [0.1, 0.15) is 6.42 Å². The molecule has 1 aliphatic rings. The number of carbonyl (C=O) groups excluding carboxylic acids is 1. The summed E-state index contributed by atoms with van der Waals surface area (Å²) in [6, 6.07) is 5.81. The first kappa shape index (κ1) is 13.3. The summed E-state index contributed by atoms with van der Waals surface area (Å²) in [6.07, 6.45) is 3.96. The van der Waals surface area contributed by atoms with Gasteiger partial charge in [0, 0.05) is 17.9 Å². The number of halogens is 1. The zero-order valence-electron chi connectivity index (χ0n) is 10.9. The lowest BCUT2D eigenvalue weighted by molar-refractivity contribution is -0.129. The van der Waals surface area contributed by atoms with Gasteiger partial charge >= 0.3 is 6.01 Å². The number of ether oxygens (including phenoxy) is 1. The number of fused-ring (bicyclic) bond motifs is 1. The second-order valence-corrected chi connectivity index (χ2v) is 5.45. The Hall–Kier alpha value is -1.66. The molecule has 0 saturated heterocycles. The van der Waals surface area contributed by atoms with Crippen LogP contribution in [0.3, 0.4) is 0 Å². The molecule has 6 heteroatoms. The van der Waals surface area contributed by atoms with Crippen LogP contribution in [0.4, 0.5) is 6.01 Å². The Balaban J connectivity index is 1.86. The molecule has 0 spiro atoms. The predicted molar refractivity (Wildman–Crippen MR) is 78.6 cm³/mol. The van der Waals surface area contributed by atoms with Gasteiger partial charge in [-0.2, -0.15) is 4.98 Å². The molecule has 1 aromatic carbocycles. The summed E-state index contributed by atoms with van der Waals surface area (Å²) in [5.74, 6) is -0.153. The molecule has 104 valence electrons. The van der Waals surface area contributed by atoms with Crippen molar-refractivity contribution in [2.24, 2.45) is 0 Å². The van der Waals surface area contributed by atoms with E-state index in [1.54, 1.807) is 7.05 Å². The van der Waals surface area contributed by atoms with Gasteiger partial charge in [0.05, 0.1) is 6.61 Å². The molecule has 2 heterocycles. The Kier molecular flexibility index (Phi) is 3.58. The minimum absolute atomic E-state index is 0.153. The first-order chi connectivity index (χ1) is 9.65. The van der Waals surface area contributed by atoms with E-state index in [9.17, 15) is 4.79 Å². The van der Waals surface area contributed by atoms with E-state index in [1.807, 2.05) is 30.4 Å². The first-order valence-corrected chi connectivity index (χ1v) is 7.05. The average Bonchev–Trinajstić information content (AvgIpc) is 2.89. The van der Waals surface area contributed by atoms with Gasteiger partial charge in [0.1, 0.15) is 11.6 Å².